The molecule has 7 N–H and O–H groups in total. The molecule has 0 aromatic heterocycles. The second-order valence-electron chi connectivity index (χ2n) is 13.2. The van der Waals surface area contributed by atoms with Crippen LogP contribution in [0.15, 0.2) is 0 Å². The molecule has 0 aliphatic carbocycles. The molecular weight excluding hydrogens is 578 g/mol. The number of carbonyl (C=O) groups is 1. The third-order valence-corrected chi connectivity index (χ3v) is 9.03. The molecule has 10 nitrogen and oxygen atoms in total. The Kier molecular flexibility index (Phi) is 25.4. The van der Waals surface area contributed by atoms with Crippen molar-refractivity contribution in [3.05, 3.63) is 0 Å². The summed E-state index contributed by atoms with van der Waals surface area (Å²) in [5.74, 6) is -0.271. The van der Waals surface area contributed by atoms with Crippen LogP contribution in [0.5, 0.6) is 0 Å². The summed E-state index contributed by atoms with van der Waals surface area (Å²) in [6.07, 6.45) is 15.9. The highest BCUT2D eigenvalue weighted by Crippen LogP contribution is 2.23. The van der Waals surface area contributed by atoms with Crippen molar-refractivity contribution in [1.29, 1.82) is 0 Å². The van der Waals surface area contributed by atoms with Gasteiger partial charge >= 0.3 is 0 Å². The van der Waals surface area contributed by atoms with Gasteiger partial charge in [-0.1, -0.05) is 136 Å². The maximum Gasteiger partial charge on any atom is 0.220 e. The van der Waals surface area contributed by atoms with Gasteiger partial charge in [-0.3, -0.25) is 4.79 Å². The van der Waals surface area contributed by atoms with E-state index in [9.17, 15) is 35.4 Å². The predicted molar refractivity (Wildman–Crippen MR) is 177 cm³/mol. The summed E-state index contributed by atoms with van der Waals surface area (Å²) in [5.41, 5.74) is 0. The molecule has 268 valence electrons. The quantitative estimate of drug-likeness (QED) is 0.0572. The van der Waals surface area contributed by atoms with Crippen molar-refractivity contribution in [3.8, 4) is 0 Å². The molecule has 8 atom stereocenters. The summed E-state index contributed by atoms with van der Waals surface area (Å²) in [6.45, 7) is 3.23. The SMILES string of the molecule is CCCCCCCCCCCCCCCCCCCCCC(=O)N[C@@H](COC1OC(CO)C(O)C(O)C1O)[C@H](O)[C@H](O)CCC. The minimum Gasteiger partial charge on any atom is -0.394 e. The van der Waals surface area contributed by atoms with Crippen LogP contribution in [0.2, 0.25) is 0 Å². The number of amides is 1. The first-order chi connectivity index (χ1) is 21.8. The van der Waals surface area contributed by atoms with Crippen LogP contribution in [0.4, 0.5) is 0 Å². The highest BCUT2D eigenvalue weighted by atomic mass is 16.7. The van der Waals surface area contributed by atoms with Crippen molar-refractivity contribution >= 4 is 5.91 Å². The second-order valence-corrected chi connectivity index (χ2v) is 13.2. The fraction of sp³-hybridized carbons (Fsp3) is 0.971. The lowest BCUT2D eigenvalue weighted by atomic mass is 9.99. The van der Waals surface area contributed by atoms with E-state index in [4.69, 9.17) is 9.47 Å². The van der Waals surface area contributed by atoms with Gasteiger partial charge in [0.2, 0.25) is 5.91 Å². The minimum atomic E-state index is -1.60. The largest absolute Gasteiger partial charge is 0.394 e. The summed E-state index contributed by atoms with van der Waals surface area (Å²) in [4.78, 5) is 12.7. The predicted octanol–water partition coefficient (Wildman–Crippen LogP) is 4.63. The van der Waals surface area contributed by atoms with Gasteiger partial charge in [0.1, 0.15) is 30.5 Å². The Morgan fingerprint density at radius 1 is 0.689 bits per heavy atom. The fourth-order valence-electron chi connectivity index (χ4n) is 6.01. The molecule has 1 fully saturated rings. The molecule has 1 rings (SSSR count). The smallest absolute Gasteiger partial charge is 0.220 e. The first kappa shape index (κ1) is 42.2. The molecule has 0 aromatic carbocycles. The van der Waals surface area contributed by atoms with Crippen LogP contribution in [0, 0.1) is 0 Å². The van der Waals surface area contributed by atoms with Crippen molar-refractivity contribution in [2.75, 3.05) is 13.2 Å². The molecule has 1 aliphatic rings. The molecule has 45 heavy (non-hydrogen) atoms. The van der Waals surface area contributed by atoms with E-state index in [0.717, 1.165) is 25.7 Å². The van der Waals surface area contributed by atoms with E-state index in [1.807, 2.05) is 6.92 Å². The van der Waals surface area contributed by atoms with E-state index in [1.165, 1.54) is 96.3 Å². The molecule has 1 aliphatic heterocycles. The Labute approximate surface area is 273 Å². The Morgan fingerprint density at radius 2 is 1.16 bits per heavy atom. The summed E-state index contributed by atoms with van der Waals surface area (Å²) >= 11 is 0. The van der Waals surface area contributed by atoms with Crippen molar-refractivity contribution in [2.24, 2.45) is 0 Å². The van der Waals surface area contributed by atoms with Gasteiger partial charge in [0.05, 0.1) is 25.4 Å². The molecule has 0 aromatic rings. The lowest BCUT2D eigenvalue weighted by Gasteiger charge is -2.40. The Bertz CT molecular complexity index is 698. The molecule has 0 saturated carbocycles. The summed E-state index contributed by atoms with van der Waals surface area (Å²) in [7, 11) is 0. The van der Waals surface area contributed by atoms with Gasteiger partial charge in [0.25, 0.3) is 0 Å². The van der Waals surface area contributed by atoms with Crippen LogP contribution >= 0.6 is 0 Å². The zero-order chi connectivity index (χ0) is 33.3. The van der Waals surface area contributed by atoms with Gasteiger partial charge in [-0.2, -0.15) is 0 Å². The van der Waals surface area contributed by atoms with Crippen molar-refractivity contribution in [1.82, 2.24) is 5.32 Å². The molecular formula is C35H69NO9. The molecule has 1 amide bonds. The van der Waals surface area contributed by atoms with Crippen LogP contribution in [0.1, 0.15) is 155 Å². The van der Waals surface area contributed by atoms with E-state index in [0.29, 0.717) is 12.8 Å². The van der Waals surface area contributed by atoms with Gasteiger partial charge < -0.3 is 45.4 Å². The van der Waals surface area contributed by atoms with E-state index < -0.39 is 55.6 Å². The Balaban J connectivity index is 2.20. The van der Waals surface area contributed by atoms with E-state index in [2.05, 4.69) is 12.2 Å². The number of hydrogen-bond donors (Lipinski definition) is 7. The maximum atomic E-state index is 12.7. The normalized spacial score (nSPS) is 24.0. The summed E-state index contributed by atoms with van der Waals surface area (Å²) in [6, 6.07) is -0.980. The first-order valence-electron chi connectivity index (χ1n) is 18.3. The maximum absolute atomic E-state index is 12.7. The molecule has 1 heterocycles. The van der Waals surface area contributed by atoms with Crippen molar-refractivity contribution in [2.45, 2.75) is 204 Å². The number of rotatable bonds is 29. The van der Waals surface area contributed by atoms with Crippen molar-refractivity contribution in [3.63, 3.8) is 0 Å². The van der Waals surface area contributed by atoms with Gasteiger partial charge in [-0.05, 0) is 12.8 Å². The molecule has 0 spiro atoms. The molecule has 0 bridgehead atoms. The van der Waals surface area contributed by atoms with E-state index in [1.54, 1.807) is 0 Å². The lowest BCUT2D eigenvalue weighted by molar-refractivity contribution is -0.303. The zero-order valence-corrected chi connectivity index (χ0v) is 28.5. The number of ether oxygens (including phenoxy) is 2. The number of aliphatic hydroxyl groups is 6. The number of nitrogens with one attached hydrogen (secondary N) is 1. The third-order valence-electron chi connectivity index (χ3n) is 9.03. The van der Waals surface area contributed by atoms with Crippen LogP contribution in [-0.4, -0.2) is 98.7 Å². The number of unbranched alkanes of at least 4 members (excludes halogenated alkanes) is 18. The lowest BCUT2D eigenvalue weighted by Crippen LogP contribution is -2.60. The second kappa shape index (κ2) is 27.1. The average Bonchev–Trinajstić information content (AvgIpc) is 3.03. The van der Waals surface area contributed by atoms with E-state index in [-0.39, 0.29) is 18.9 Å². The molecule has 10 heteroatoms. The summed E-state index contributed by atoms with van der Waals surface area (Å²) in [5, 5.41) is 63.4. The highest BCUT2D eigenvalue weighted by molar-refractivity contribution is 5.76. The van der Waals surface area contributed by atoms with Crippen LogP contribution < -0.4 is 5.32 Å². The van der Waals surface area contributed by atoms with Gasteiger partial charge in [-0.15, -0.1) is 0 Å². The Morgan fingerprint density at radius 3 is 1.60 bits per heavy atom. The number of aliphatic hydroxyl groups excluding tert-OH is 6. The van der Waals surface area contributed by atoms with Gasteiger partial charge in [0, 0.05) is 6.42 Å². The summed E-state index contributed by atoms with van der Waals surface area (Å²) < 4.78 is 10.9. The third kappa shape index (κ3) is 18.9. The topological polar surface area (TPSA) is 169 Å². The van der Waals surface area contributed by atoms with Crippen LogP contribution in [0.3, 0.4) is 0 Å². The van der Waals surface area contributed by atoms with Gasteiger partial charge in [-0.25, -0.2) is 0 Å². The molecule has 5 unspecified atom stereocenters. The molecule has 1 saturated heterocycles. The van der Waals surface area contributed by atoms with E-state index >= 15 is 0 Å². The standard InChI is InChI=1S/C35H69NO9/c1-3-5-6-7-8-9-10-11-12-13-14-15-16-17-18-19-20-21-22-24-30(39)36-27(31(40)28(38)23-4-2)26-44-35-34(43)33(42)32(41)29(25-37)45-35/h27-29,31-35,37-38,40-43H,3-26H2,1-2H3,(H,36,39)/t27-,28+,29?,31-,32?,33?,34?,35?/m0/s1. The van der Waals surface area contributed by atoms with Crippen molar-refractivity contribution < 1.29 is 44.9 Å². The number of hydrogen-bond acceptors (Lipinski definition) is 9. The first-order valence-corrected chi connectivity index (χ1v) is 18.3. The average molecular weight is 648 g/mol. The molecule has 0 radical (unpaired) electrons. The number of carbonyl (C=O) groups excluding carboxylic acids is 1. The minimum absolute atomic E-state index is 0.271. The van der Waals surface area contributed by atoms with Gasteiger partial charge in [0.15, 0.2) is 6.29 Å². The fourth-order valence-corrected chi connectivity index (χ4v) is 6.01. The zero-order valence-electron chi connectivity index (χ0n) is 28.5. The van der Waals surface area contributed by atoms with Crippen LogP contribution in [0.25, 0.3) is 0 Å². The highest BCUT2D eigenvalue weighted by Gasteiger charge is 2.44. The Hall–Kier alpha value is -0.850. The monoisotopic (exact) mass is 647 g/mol. The van der Waals surface area contributed by atoms with Crippen LogP contribution in [-0.2, 0) is 14.3 Å².